The first-order valence-electron chi connectivity index (χ1n) is 9.14. The smallest absolute Gasteiger partial charge is 0.243 e. The molecule has 1 saturated heterocycles. The molecule has 28 heavy (non-hydrogen) atoms. The lowest BCUT2D eigenvalue weighted by atomic mass is 10.2. The maximum absolute atomic E-state index is 13.0. The van der Waals surface area contributed by atoms with Crippen LogP contribution in [0.5, 0.6) is 0 Å². The van der Waals surface area contributed by atoms with E-state index in [9.17, 15) is 8.42 Å². The number of hydrogen-bond acceptors (Lipinski definition) is 6. The first-order chi connectivity index (χ1) is 13.4. The van der Waals surface area contributed by atoms with Gasteiger partial charge in [0, 0.05) is 26.2 Å². The van der Waals surface area contributed by atoms with Crippen LogP contribution in [0.15, 0.2) is 52.7 Å². The van der Waals surface area contributed by atoms with Gasteiger partial charge in [0.25, 0.3) is 0 Å². The normalized spacial score (nSPS) is 15.7. The first kappa shape index (κ1) is 19.0. The molecular weight excluding hydrogens is 392 g/mol. The Kier molecular flexibility index (Phi) is 5.18. The molecule has 0 atom stereocenters. The number of aryl methyl sites for hydroxylation is 2. The van der Waals surface area contributed by atoms with Crippen molar-refractivity contribution in [3.63, 3.8) is 0 Å². The Hall–Kier alpha value is -2.29. The predicted molar refractivity (Wildman–Crippen MR) is 112 cm³/mol. The zero-order chi connectivity index (χ0) is 19.7. The van der Waals surface area contributed by atoms with Gasteiger partial charge in [0.05, 0.1) is 9.77 Å². The average Bonchev–Trinajstić information content (AvgIpc) is 3.22. The number of thiophene rings is 1. The Morgan fingerprint density at radius 3 is 2.21 bits per heavy atom. The van der Waals surface area contributed by atoms with Crippen molar-refractivity contribution in [1.82, 2.24) is 14.5 Å². The fraction of sp³-hybridized carbons (Fsp3) is 0.300. The summed E-state index contributed by atoms with van der Waals surface area (Å²) in [5.74, 6) is 0.781. The van der Waals surface area contributed by atoms with Crippen LogP contribution in [-0.4, -0.2) is 49.1 Å². The molecule has 2 aromatic heterocycles. The highest BCUT2D eigenvalue weighted by molar-refractivity contribution is 7.89. The molecule has 0 unspecified atom stereocenters. The molecule has 0 N–H and O–H groups in total. The van der Waals surface area contributed by atoms with Gasteiger partial charge in [0.15, 0.2) is 5.82 Å². The average molecular weight is 415 g/mol. The molecule has 0 saturated carbocycles. The van der Waals surface area contributed by atoms with E-state index in [4.69, 9.17) is 0 Å². The summed E-state index contributed by atoms with van der Waals surface area (Å²) >= 11 is 1.63. The number of nitrogens with zero attached hydrogens (tertiary/aromatic N) is 4. The van der Waals surface area contributed by atoms with Crippen LogP contribution in [0.25, 0.3) is 10.6 Å². The predicted octanol–water partition coefficient (Wildman–Crippen LogP) is 3.33. The highest BCUT2D eigenvalue weighted by Gasteiger charge is 2.29. The summed E-state index contributed by atoms with van der Waals surface area (Å²) in [7, 11) is -3.48. The van der Waals surface area contributed by atoms with E-state index in [1.165, 1.54) is 0 Å². The molecule has 1 aliphatic heterocycles. The van der Waals surface area contributed by atoms with Crippen molar-refractivity contribution >= 4 is 27.2 Å². The van der Waals surface area contributed by atoms with Crippen molar-refractivity contribution in [3.05, 3.63) is 59.0 Å². The molecule has 0 spiro atoms. The van der Waals surface area contributed by atoms with E-state index in [2.05, 4.69) is 15.1 Å². The summed E-state index contributed by atoms with van der Waals surface area (Å²) in [5.41, 5.74) is 2.77. The van der Waals surface area contributed by atoms with Crippen molar-refractivity contribution in [3.8, 4) is 10.6 Å². The van der Waals surface area contributed by atoms with Crippen LogP contribution in [0.3, 0.4) is 0 Å². The third-order valence-corrected chi connectivity index (χ3v) is 7.59. The molecule has 1 aromatic carbocycles. The number of aromatic nitrogens is 2. The maximum atomic E-state index is 13.0. The van der Waals surface area contributed by atoms with Crippen LogP contribution in [-0.2, 0) is 10.0 Å². The molecule has 1 aliphatic rings. The Morgan fingerprint density at radius 2 is 1.64 bits per heavy atom. The van der Waals surface area contributed by atoms with Crippen LogP contribution in [0.4, 0.5) is 5.82 Å². The van der Waals surface area contributed by atoms with E-state index in [1.807, 2.05) is 49.6 Å². The van der Waals surface area contributed by atoms with Gasteiger partial charge in [-0.3, -0.25) is 0 Å². The zero-order valence-electron chi connectivity index (χ0n) is 15.9. The van der Waals surface area contributed by atoms with Crippen LogP contribution in [0, 0.1) is 13.8 Å². The lowest BCUT2D eigenvalue weighted by molar-refractivity contribution is 0.383. The second kappa shape index (κ2) is 7.62. The van der Waals surface area contributed by atoms with E-state index < -0.39 is 10.0 Å². The summed E-state index contributed by atoms with van der Waals surface area (Å²) in [4.78, 5) is 3.54. The molecule has 146 valence electrons. The summed E-state index contributed by atoms with van der Waals surface area (Å²) in [5, 5.41) is 10.7. The number of benzene rings is 1. The molecule has 3 heterocycles. The molecule has 6 nitrogen and oxygen atoms in total. The summed E-state index contributed by atoms with van der Waals surface area (Å²) in [6, 6.07) is 13.4. The summed E-state index contributed by atoms with van der Waals surface area (Å²) < 4.78 is 27.5. The van der Waals surface area contributed by atoms with Gasteiger partial charge in [-0.1, -0.05) is 12.1 Å². The fourth-order valence-electron chi connectivity index (χ4n) is 3.44. The van der Waals surface area contributed by atoms with E-state index >= 15 is 0 Å². The molecule has 0 bridgehead atoms. The van der Waals surface area contributed by atoms with Crippen molar-refractivity contribution in [2.45, 2.75) is 18.7 Å². The third kappa shape index (κ3) is 3.80. The largest absolute Gasteiger partial charge is 0.352 e. The molecule has 0 aliphatic carbocycles. The quantitative estimate of drug-likeness (QED) is 0.655. The molecular formula is C20H22N4O2S2. The third-order valence-electron chi connectivity index (χ3n) is 4.82. The van der Waals surface area contributed by atoms with Gasteiger partial charge in [-0.25, -0.2) is 8.42 Å². The van der Waals surface area contributed by atoms with Crippen molar-refractivity contribution < 1.29 is 8.42 Å². The lowest BCUT2D eigenvalue weighted by Gasteiger charge is -2.34. The Morgan fingerprint density at radius 1 is 0.929 bits per heavy atom. The van der Waals surface area contributed by atoms with Gasteiger partial charge in [0.2, 0.25) is 10.0 Å². The van der Waals surface area contributed by atoms with Gasteiger partial charge in [-0.2, -0.15) is 4.31 Å². The number of anilines is 1. The van der Waals surface area contributed by atoms with Gasteiger partial charge >= 0.3 is 0 Å². The first-order valence-corrected chi connectivity index (χ1v) is 11.5. The monoisotopic (exact) mass is 414 g/mol. The number of hydrogen-bond donors (Lipinski definition) is 0. The van der Waals surface area contributed by atoms with Gasteiger partial charge in [-0.05, 0) is 60.7 Å². The highest BCUT2D eigenvalue weighted by atomic mass is 32.2. The Labute approximate surface area is 169 Å². The zero-order valence-corrected chi connectivity index (χ0v) is 17.5. The van der Waals surface area contributed by atoms with Crippen molar-refractivity contribution in [2.24, 2.45) is 0 Å². The van der Waals surface area contributed by atoms with Crippen LogP contribution in [0.1, 0.15) is 11.1 Å². The number of rotatable bonds is 4. The van der Waals surface area contributed by atoms with Gasteiger partial charge < -0.3 is 4.90 Å². The SMILES string of the molecule is Cc1cc(C)cc(S(=O)(=O)N2CCN(c3ccc(-c4cccs4)nn3)CC2)c1. The molecule has 3 aromatic rings. The Bertz CT molecular complexity index is 1040. The van der Waals surface area contributed by atoms with Crippen molar-refractivity contribution in [1.29, 1.82) is 0 Å². The second-order valence-electron chi connectivity index (χ2n) is 6.97. The second-order valence-corrected chi connectivity index (χ2v) is 9.85. The van der Waals surface area contributed by atoms with E-state index in [-0.39, 0.29) is 0 Å². The summed E-state index contributed by atoms with van der Waals surface area (Å²) in [6.45, 7) is 5.90. The van der Waals surface area contributed by atoms with Crippen LogP contribution < -0.4 is 4.90 Å². The minimum absolute atomic E-state index is 0.374. The minimum atomic E-state index is -3.48. The molecule has 0 radical (unpaired) electrons. The lowest BCUT2D eigenvalue weighted by Crippen LogP contribution is -2.49. The van der Waals surface area contributed by atoms with Gasteiger partial charge in [0.1, 0.15) is 5.69 Å². The maximum Gasteiger partial charge on any atom is 0.243 e. The topological polar surface area (TPSA) is 66.4 Å². The molecule has 1 fully saturated rings. The van der Waals surface area contributed by atoms with Crippen LogP contribution in [0.2, 0.25) is 0 Å². The number of sulfonamides is 1. The van der Waals surface area contributed by atoms with E-state index in [0.29, 0.717) is 31.1 Å². The molecule has 4 rings (SSSR count). The fourth-order valence-corrected chi connectivity index (χ4v) is 5.74. The van der Waals surface area contributed by atoms with Gasteiger partial charge in [-0.15, -0.1) is 21.5 Å². The molecule has 8 heteroatoms. The highest BCUT2D eigenvalue weighted by Crippen LogP contribution is 2.25. The van der Waals surface area contributed by atoms with E-state index in [1.54, 1.807) is 27.8 Å². The minimum Gasteiger partial charge on any atom is -0.352 e. The van der Waals surface area contributed by atoms with E-state index in [0.717, 1.165) is 27.5 Å². The van der Waals surface area contributed by atoms with Crippen molar-refractivity contribution in [2.75, 3.05) is 31.1 Å². The Balaban J connectivity index is 1.45. The summed E-state index contributed by atoms with van der Waals surface area (Å²) in [6.07, 6.45) is 0. The standard InChI is InChI=1S/C20H22N4O2S2/c1-15-12-16(2)14-17(13-15)28(25,26)24-9-7-23(8-10-24)20-6-5-18(21-22-20)19-4-3-11-27-19/h3-6,11-14H,7-10H2,1-2H3. The van der Waals surface area contributed by atoms with Crippen LogP contribution >= 0.6 is 11.3 Å². The molecule has 0 amide bonds. The number of piperazine rings is 1.